The van der Waals surface area contributed by atoms with Crippen molar-refractivity contribution in [2.24, 2.45) is 62.6 Å². The van der Waals surface area contributed by atoms with Crippen molar-refractivity contribution >= 4 is 11.8 Å². The summed E-state index contributed by atoms with van der Waals surface area (Å²) in [7, 11) is 0. The third kappa shape index (κ3) is 3.13. The minimum absolute atomic E-state index is 0.0205. The number of carbonyl (C=O) groups excluding carboxylic acids is 1. The number of aliphatic carboxylic acids is 1. The van der Waals surface area contributed by atoms with Crippen LogP contribution in [0.4, 0.5) is 0 Å². The van der Waals surface area contributed by atoms with E-state index in [4.69, 9.17) is 0 Å². The Hall–Kier alpha value is -2.06. The molecule has 0 saturated heterocycles. The number of hydrogen-bond acceptors (Lipinski definition) is 6. The number of carboxylic acid groups (broad SMARTS) is 1. The highest BCUT2D eigenvalue weighted by Crippen LogP contribution is 2.77. The van der Waals surface area contributed by atoms with Gasteiger partial charge in [0.05, 0.1) is 5.41 Å². The second-order valence-corrected chi connectivity index (χ2v) is 15.7. The van der Waals surface area contributed by atoms with Crippen LogP contribution in [0.15, 0.2) is 0 Å². The third-order valence-corrected chi connectivity index (χ3v) is 14.1. The van der Waals surface area contributed by atoms with E-state index in [0.717, 1.165) is 38.5 Å². The Morgan fingerprint density at radius 2 is 1.49 bits per heavy atom. The van der Waals surface area contributed by atoms with Gasteiger partial charge in [-0.05, 0) is 103 Å². The standard InChI is InChI=1S/C30H46N2O7/c1-17(2)18-10-13-29(24(34)35)15-14-27(6)19(22(18)29)8-9-21-26(5)16-30(31(36)37,32(38)39)23(33)25(3,4)20(26)11-12-28(21,27)7/h17-22H,8-16H2,1-7H3,(H,34,35)/t18-,19+,20-,21+,22+,26-,27+,28+,29-/m0/s1. The van der Waals surface area contributed by atoms with Crippen molar-refractivity contribution in [1.29, 1.82) is 0 Å². The van der Waals surface area contributed by atoms with Crippen LogP contribution in [-0.4, -0.2) is 32.4 Å². The van der Waals surface area contributed by atoms with Crippen LogP contribution in [0, 0.1) is 82.8 Å². The summed E-state index contributed by atoms with van der Waals surface area (Å²) in [5, 5.41) is 35.3. The summed E-state index contributed by atoms with van der Waals surface area (Å²) < 4.78 is 0. The molecule has 0 aromatic rings. The third-order valence-electron chi connectivity index (χ3n) is 14.1. The van der Waals surface area contributed by atoms with Crippen molar-refractivity contribution < 1.29 is 24.5 Å². The molecule has 0 aromatic heterocycles. The van der Waals surface area contributed by atoms with E-state index >= 15 is 0 Å². The summed E-state index contributed by atoms with van der Waals surface area (Å²) in [6.07, 6.45) is 5.86. The number of nitrogens with zero attached hydrogens (tertiary/aromatic N) is 2. The van der Waals surface area contributed by atoms with Gasteiger partial charge in [0, 0.05) is 5.41 Å². The van der Waals surface area contributed by atoms with Gasteiger partial charge in [-0.1, -0.05) is 48.5 Å². The Morgan fingerprint density at radius 1 is 0.872 bits per heavy atom. The molecular weight excluding hydrogens is 500 g/mol. The van der Waals surface area contributed by atoms with Crippen LogP contribution in [0.1, 0.15) is 106 Å². The molecule has 9 atom stereocenters. The molecule has 0 bridgehead atoms. The second kappa shape index (κ2) is 8.25. The maximum Gasteiger partial charge on any atom is 0.516 e. The summed E-state index contributed by atoms with van der Waals surface area (Å²) >= 11 is 0. The largest absolute Gasteiger partial charge is 0.516 e. The zero-order valence-electron chi connectivity index (χ0n) is 24.6. The van der Waals surface area contributed by atoms with Crippen molar-refractivity contribution in [2.45, 2.75) is 112 Å². The van der Waals surface area contributed by atoms with Crippen molar-refractivity contribution in [3.63, 3.8) is 0 Å². The van der Waals surface area contributed by atoms with Crippen LogP contribution in [0.2, 0.25) is 0 Å². The molecule has 0 amide bonds. The van der Waals surface area contributed by atoms with Gasteiger partial charge in [0.2, 0.25) is 0 Å². The van der Waals surface area contributed by atoms with Crippen molar-refractivity contribution in [3.8, 4) is 0 Å². The lowest BCUT2D eigenvalue weighted by Crippen LogP contribution is -2.72. The number of carboxylic acids is 1. The summed E-state index contributed by atoms with van der Waals surface area (Å²) in [5.74, 6) is -0.663. The van der Waals surface area contributed by atoms with Crippen molar-refractivity contribution in [2.75, 3.05) is 0 Å². The maximum absolute atomic E-state index is 13.6. The van der Waals surface area contributed by atoms with Gasteiger partial charge in [-0.15, -0.1) is 0 Å². The fourth-order valence-corrected chi connectivity index (χ4v) is 12.2. The van der Waals surface area contributed by atoms with E-state index in [1.807, 2.05) is 6.92 Å². The Bertz CT molecular complexity index is 1120. The Kier molecular flexibility index (Phi) is 6.02. The fraction of sp³-hybridized carbons (Fsp3) is 0.933. The number of ketones is 1. The molecule has 5 rings (SSSR count). The first kappa shape index (κ1) is 28.5. The predicted molar refractivity (Wildman–Crippen MR) is 144 cm³/mol. The van der Waals surface area contributed by atoms with Crippen molar-refractivity contribution in [3.05, 3.63) is 20.2 Å². The number of hydrogen-bond donors (Lipinski definition) is 1. The van der Waals surface area contributed by atoms with Gasteiger partial charge in [-0.3, -0.25) is 29.8 Å². The molecular formula is C30H46N2O7. The number of rotatable bonds is 4. The van der Waals surface area contributed by atoms with E-state index in [1.165, 1.54) is 0 Å². The van der Waals surface area contributed by atoms with Gasteiger partial charge in [0.1, 0.15) is 16.3 Å². The Labute approximate surface area is 231 Å². The molecule has 1 N–H and O–H groups in total. The average molecular weight is 547 g/mol. The van der Waals surface area contributed by atoms with Crippen molar-refractivity contribution in [1.82, 2.24) is 0 Å². The highest BCUT2D eigenvalue weighted by molar-refractivity contribution is 5.91. The molecule has 0 spiro atoms. The van der Waals surface area contributed by atoms with Gasteiger partial charge in [-0.25, -0.2) is 0 Å². The van der Waals surface area contributed by atoms with Crippen LogP contribution in [-0.2, 0) is 9.59 Å². The smallest absolute Gasteiger partial charge is 0.481 e. The van der Waals surface area contributed by atoms with Gasteiger partial charge in [0.15, 0.2) is 0 Å². The molecule has 5 saturated carbocycles. The van der Waals surface area contributed by atoms with Crippen LogP contribution < -0.4 is 0 Å². The minimum Gasteiger partial charge on any atom is -0.481 e. The minimum atomic E-state index is -2.83. The maximum atomic E-state index is 13.6. The molecule has 0 unspecified atom stereocenters. The highest BCUT2D eigenvalue weighted by Gasteiger charge is 2.80. The molecule has 0 radical (unpaired) electrons. The first-order chi connectivity index (χ1) is 17.9. The van der Waals surface area contributed by atoms with Crippen LogP contribution in [0.25, 0.3) is 0 Å². The fourth-order valence-electron chi connectivity index (χ4n) is 12.2. The number of nitro groups is 2. The summed E-state index contributed by atoms with van der Waals surface area (Å²) in [5.41, 5.74) is -5.90. The lowest BCUT2D eigenvalue weighted by atomic mass is 9.31. The van der Waals surface area contributed by atoms with E-state index in [0.29, 0.717) is 24.7 Å². The van der Waals surface area contributed by atoms with E-state index in [2.05, 4.69) is 27.7 Å². The monoisotopic (exact) mass is 546 g/mol. The SMILES string of the molecule is CC(C)[C@@H]1CC[C@]2(C(=O)O)CC[C@]3(C)[C@H](CC[C@@H]4[C@@]5(C)CC([N+](=O)[O-])([N+](=O)[O-])C(=O)C(C)(C)[C@@H]5CC[C@]43C)[C@@H]12. The molecule has 9 nitrogen and oxygen atoms in total. The molecule has 5 aliphatic carbocycles. The molecule has 9 heteroatoms. The quantitative estimate of drug-likeness (QED) is 0.250. The molecule has 0 aliphatic heterocycles. The normalized spacial score (nSPS) is 47.9. The van der Waals surface area contributed by atoms with E-state index < -0.39 is 43.5 Å². The summed E-state index contributed by atoms with van der Waals surface area (Å²) in [6, 6.07) is 0. The Morgan fingerprint density at radius 3 is 2.03 bits per heavy atom. The predicted octanol–water partition coefficient (Wildman–Crippen LogP) is 6.24. The highest BCUT2D eigenvalue weighted by atomic mass is 16.7. The number of Topliss-reactive ketones (excluding diaryl/α,β-unsaturated/α-hetero) is 1. The lowest BCUT2D eigenvalue weighted by molar-refractivity contribution is -0.782. The number of carbonyl (C=O) groups is 2. The number of fused-ring (bicyclic) bond motifs is 7. The summed E-state index contributed by atoms with van der Waals surface area (Å²) in [6.45, 7) is 14.4. The van der Waals surface area contributed by atoms with E-state index in [9.17, 15) is 34.9 Å². The van der Waals surface area contributed by atoms with E-state index in [1.54, 1.807) is 13.8 Å². The second-order valence-electron chi connectivity index (χ2n) is 15.7. The molecule has 5 aliphatic rings. The van der Waals surface area contributed by atoms with Gasteiger partial charge in [0.25, 0.3) is 5.78 Å². The van der Waals surface area contributed by atoms with Crippen LogP contribution >= 0.6 is 0 Å². The topological polar surface area (TPSA) is 141 Å². The van der Waals surface area contributed by atoms with Gasteiger partial charge >= 0.3 is 11.6 Å². The Balaban J connectivity index is 1.63. The van der Waals surface area contributed by atoms with Gasteiger partial charge < -0.3 is 5.11 Å². The lowest BCUT2D eigenvalue weighted by Gasteiger charge is -2.72. The first-order valence-electron chi connectivity index (χ1n) is 15.0. The first-order valence-corrected chi connectivity index (χ1v) is 15.0. The zero-order chi connectivity index (χ0) is 29.1. The van der Waals surface area contributed by atoms with Crippen LogP contribution in [0.3, 0.4) is 0 Å². The van der Waals surface area contributed by atoms with E-state index in [-0.39, 0.29) is 40.9 Å². The molecule has 0 heterocycles. The average Bonchev–Trinajstić information content (AvgIpc) is 3.23. The molecule has 39 heavy (non-hydrogen) atoms. The summed E-state index contributed by atoms with van der Waals surface area (Å²) in [4.78, 5) is 49.3. The van der Waals surface area contributed by atoms with Crippen LogP contribution in [0.5, 0.6) is 0 Å². The zero-order valence-corrected chi connectivity index (χ0v) is 24.6. The molecule has 218 valence electrons. The molecule has 5 fully saturated rings. The molecule has 0 aromatic carbocycles. The van der Waals surface area contributed by atoms with Gasteiger partial charge in [-0.2, -0.15) is 0 Å².